The average molecular weight is 209 g/mol. The van der Waals surface area contributed by atoms with Crippen LogP contribution in [0.4, 0.5) is 0 Å². The van der Waals surface area contributed by atoms with Gasteiger partial charge < -0.3 is 15.6 Å². The lowest BCUT2D eigenvalue weighted by Crippen LogP contribution is -2.05. The highest BCUT2D eigenvalue weighted by atomic mass is 16.5. The third-order valence-corrected chi connectivity index (χ3v) is 2.21. The van der Waals surface area contributed by atoms with Crippen LogP contribution in [0, 0.1) is 0 Å². The van der Waals surface area contributed by atoms with Crippen LogP contribution in [0.2, 0.25) is 0 Å². The second kappa shape index (κ2) is 7.26. The van der Waals surface area contributed by atoms with E-state index in [2.05, 4.69) is 0 Å². The smallest absolute Gasteiger partial charge is 0.122 e. The van der Waals surface area contributed by atoms with E-state index in [1.165, 1.54) is 0 Å². The summed E-state index contributed by atoms with van der Waals surface area (Å²) >= 11 is 0. The quantitative estimate of drug-likeness (QED) is 0.666. The predicted octanol–water partition coefficient (Wildman–Crippen LogP) is 1.34. The largest absolute Gasteiger partial charge is 0.493 e. The van der Waals surface area contributed by atoms with Crippen molar-refractivity contribution in [3.8, 4) is 5.75 Å². The van der Waals surface area contributed by atoms with Crippen LogP contribution >= 0.6 is 0 Å². The standard InChI is InChI=1S/C12H19NO2/c13-8-3-4-10-15-12-6-2-1-5-11(12)7-9-14/h1-2,5-6,14H,3-4,7-10,13H2. The molecular weight excluding hydrogens is 190 g/mol. The average Bonchev–Trinajstić information content (AvgIpc) is 2.27. The zero-order valence-corrected chi connectivity index (χ0v) is 8.98. The molecule has 0 amide bonds. The summed E-state index contributed by atoms with van der Waals surface area (Å²) in [5.41, 5.74) is 6.46. The highest BCUT2D eigenvalue weighted by Crippen LogP contribution is 2.18. The second-order valence-corrected chi connectivity index (χ2v) is 3.43. The van der Waals surface area contributed by atoms with Gasteiger partial charge in [0.2, 0.25) is 0 Å². The minimum absolute atomic E-state index is 0.156. The lowest BCUT2D eigenvalue weighted by atomic mass is 10.1. The molecule has 0 saturated heterocycles. The van der Waals surface area contributed by atoms with Crippen molar-refractivity contribution in [2.24, 2.45) is 5.73 Å². The molecule has 15 heavy (non-hydrogen) atoms. The van der Waals surface area contributed by atoms with E-state index in [9.17, 15) is 0 Å². The van der Waals surface area contributed by atoms with Crippen LogP contribution in [0.15, 0.2) is 24.3 Å². The molecule has 0 heterocycles. The lowest BCUT2D eigenvalue weighted by molar-refractivity contribution is 0.285. The van der Waals surface area contributed by atoms with Crippen molar-refractivity contribution < 1.29 is 9.84 Å². The van der Waals surface area contributed by atoms with E-state index in [0.29, 0.717) is 19.6 Å². The fourth-order valence-corrected chi connectivity index (χ4v) is 1.40. The number of para-hydroxylation sites is 1. The van der Waals surface area contributed by atoms with Crippen LogP contribution < -0.4 is 10.5 Å². The predicted molar refractivity (Wildman–Crippen MR) is 61.0 cm³/mol. The van der Waals surface area contributed by atoms with Crippen molar-refractivity contribution in [1.29, 1.82) is 0 Å². The minimum atomic E-state index is 0.156. The van der Waals surface area contributed by atoms with Gasteiger partial charge >= 0.3 is 0 Å². The number of hydrogen-bond acceptors (Lipinski definition) is 3. The summed E-state index contributed by atoms with van der Waals surface area (Å²) in [5.74, 6) is 0.878. The maximum Gasteiger partial charge on any atom is 0.122 e. The molecule has 0 atom stereocenters. The van der Waals surface area contributed by atoms with E-state index in [4.69, 9.17) is 15.6 Å². The lowest BCUT2D eigenvalue weighted by Gasteiger charge is -2.10. The summed E-state index contributed by atoms with van der Waals surface area (Å²) in [6.07, 6.45) is 2.61. The molecule has 0 radical (unpaired) electrons. The van der Waals surface area contributed by atoms with Gasteiger partial charge in [-0.3, -0.25) is 0 Å². The zero-order valence-electron chi connectivity index (χ0n) is 8.98. The second-order valence-electron chi connectivity index (χ2n) is 3.43. The van der Waals surface area contributed by atoms with Crippen LogP contribution in [-0.4, -0.2) is 24.9 Å². The maximum atomic E-state index is 8.88. The molecule has 0 spiro atoms. The number of hydrogen-bond donors (Lipinski definition) is 2. The van der Waals surface area contributed by atoms with Crippen LogP contribution in [0.5, 0.6) is 5.75 Å². The van der Waals surface area contributed by atoms with Crippen molar-refractivity contribution in [3.05, 3.63) is 29.8 Å². The van der Waals surface area contributed by atoms with Crippen LogP contribution in [-0.2, 0) is 6.42 Å². The van der Waals surface area contributed by atoms with Gasteiger partial charge in [-0.2, -0.15) is 0 Å². The van der Waals surface area contributed by atoms with E-state index in [1.54, 1.807) is 0 Å². The van der Waals surface area contributed by atoms with Crippen molar-refractivity contribution in [3.63, 3.8) is 0 Å². The fraction of sp³-hybridized carbons (Fsp3) is 0.500. The number of benzene rings is 1. The Morgan fingerprint density at radius 2 is 2.00 bits per heavy atom. The summed E-state index contributed by atoms with van der Waals surface area (Å²) in [7, 11) is 0. The molecule has 0 fully saturated rings. The summed E-state index contributed by atoms with van der Waals surface area (Å²) in [6.45, 7) is 1.56. The van der Waals surface area contributed by atoms with E-state index < -0.39 is 0 Å². The molecular formula is C12H19NO2. The van der Waals surface area contributed by atoms with Crippen molar-refractivity contribution in [1.82, 2.24) is 0 Å². The fourth-order valence-electron chi connectivity index (χ4n) is 1.40. The van der Waals surface area contributed by atoms with Crippen LogP contribution in [0.25, 0.3) is 0 Å². The third-order valence-electron chi connectivity index (χ3n) is 2.21. The first-order chi connectivity index (χ1) is 7.38. The van der Waals surface area contributed by atoms with Gasteiger partial charge in [0.1, 0.15) is 5.75 Å². The number of aliphatic hydroxyl groups is 1. The molecule has 3 N–H and O–H groups in total. The molecule has 3 nitrogen and oxygen atoms in total. The first-order valence-corrected chi connectivity index (χ1v) is 5.40. The Labute approximate surface area is 90.9 Å². The van der Waals surface area contributed by atoms with Gasteiger partial charge in [-0.25, -0.2) is 0 Å². The number of unbranched alkanes of at least 4 members (excludes halogenated alkanes) is 1. The molecule has 0 bridgehead atoms. The van der Waals surface area contributed by atoms with E-state index in [0.717, 1.165) is 24.2 Å². The van der Waals surface area contributed by atoms with Gasteiger partial charge in [0.05, 0.1) is 6.61 Å². The van der Waals surface area contributed by atoms with Crippen LogP contribution in [0.3, 0.4) is 0 Å². The highest BCUT2D eigenvalue weighted by Gasteiger charge is 2.01. The highest BCUT2D eigenvalue weighted by molar-refractivity contribution is 5.33. The van der Waals surface area contributed by atoms with Crippen molar-refractivity contribution >= 4 is 0 Å². The minimum Gasteiger partial charge on any atom is -0.493 e. The van der Waals surface area contributed by atoms with Gasteiger partial charge in [0.25, 0.3) is 0 Å². The van der Waals surface area contributed by atoms with E-state index in [1.807, 2.05) is 24.3 Å². The Morgan fingerprint density at radius 3 is 2.73 bits per heavy atom. The summed E-state index contributed by atoms with van der Waals surface area (Å²) in [4.78, 5) is 0. The Morgan fingerprint density at radius 1 is 1.20 bits per heavy atom. The molecule has 1 aromatic rings. The maximum absolute atomic E-state index is 8.88. The molecule has 84 valence electrons. The Balaban J connectivity index is 2.44. The van der Waals surface area contributed by atoms with Gasteiger partial charge in [-0.05, 0) is 37.4 Å². The van der Waals surface area contributed by atoms with E-state index >= 15 is 0 Å². The molecule has 0 aliphatic carbocycles. The molecule has 0 aromatic heterocycles. The SMILES string of the molecule is NCCCCOc1ccccc1CCO. The van der Waals surface area contributed by atoms with Gasteiger partial charge in [0, 0.05) is 6.61 Å². The topological polar surface area (TPSA) is 55.5 Å². The summed E-state index contributed by atoms with van der Waals surface area (Å²) in [6, 6.07) is 7.82. The Bertz CT molecular complexity index is 276. The Kier molecular flexibility index (Phi) is 5.81. The monoisotopic (exact) mass is 209 g/mol. The molecule has 3 heteroatoms. The molecule has 1 rings (SSSR count). The first kappa shape index (κ1) is 12.0. The number of aliphatic hydroxyl groups excluding tert-OH is 1. The number of nitrogens with two attached hydrogens (primary N) is 1. The van der Waals surface area contributed by atoms with E-state index in [-0.39, 0.29) is 6.61 Å². The third kappa shape index (κ3) is 4.32. The number of ether oxygens (including phenoxy) is 1. The summed E-state index contributed by atoms with van der Waals surface area (Å²) < 4.78 is 5.63. The number of rotatable bonds is 7. The molecule has 0 aliphatic heterocycles. The Hall–Kier alpha value is -1.06. The van der Waals surface area contributed by atoms with Gasteiger partial charge in [-0.15, -0.1) is 0 Å². The molecule has 0 unspecified atom stereocenters. The van der Waals surface area contributed by atoms with Crippen molar-refractivity contribution in [2.45, 2.75) is 19.3 Å². The summed E-state index contributed by atoms with van der Waals surface area (Å²) in [5, 5.41) is 8.88. The van der Waals surface area contributed by atoms with Gasteiger partial charge in [-0.1, -0.05) is 18.2 Å². The normalized spacial score (nSPS) is 10.3. The molecule has 0 aliphatic rings. The van der Waals surface area contributed by atoms with Crippen molar-refractivity contribution in [2.75, 3.05) is 19.8 Å². The molecule has 1 aromatic carbocycles. The zero-order chi connectivity index (χ0) is 10.9. The van der Waals surface area contributed by atoms with Gasteiger partial charge in [0.15, 0.2) is 0 Å². The molecule has 0 saturated carbocycles. The first-order valence-electron chi connectivity index (χ1n) is 5.40. The van der Waals surface area contributed by atoms with Crippen LogP contribution in [0.1, 0.15) is 18.4 Å².